The molecule has 3 aliphatic rings. The van der Waals surface area contributed by atoms with Crippen LogP contribution in [0, 0.1) is 11.8 Å². The minimum Gasteiger partial charge on any atom is -0.454 e. The van der Waals surface area contributed by atoms with Gasteiger partial charge in [0, 0.05) is 49.3 Å². The van der Waals surface area contributed by atoms with Gasteiger partial charge in [0.25, 0.3) is 0 Å². The Morgan fingerprint density at radius 3 is 2.07 bits per heavy atom. The van der Waals surface area contributed by atoms with Crippen LogP contribution in [0.1, 0.15) is 70.6 Å². The summed E-state index contributed by atoms with van der Waals surface area (Å²) in [5.41, 5.74) is 9.35. The Hall–Kier alpha value is -7.76. The number of aromatic nitrogens is 4. The van der Waals surface area contributed by atoms with E-state index in [1.807, 2.05) is 6.07 Å². The smallest absolute Gasteiger partial charge is 0.163 e. The van der Waals surface area contributed by atoms with Gasteiger partial charge in [-0.3, -0.25) is 0 Å². The summed E-state index contributed by atoms with van der Waals surface area (Å²) in [6, 6.07) is 50.3. The van der Waals surface area contributed by atoms with Crippen molar-refractivity contribution in [2.75, 3.05) is 0 Å². The van der Waals surface area contributed by atoms with E-state index in [0.717, 1.165) is 104 Å². The minimum absolute atomic E-state index is 0.181. The number of benzene rings is 7. The molecule has 4 atom stereocenters. The second-order valence-corrected chi connectivity index (χ2v) is 20.3. The van der Waals surface area contributed by atoms with E-state index in [9.17, 15) is 0 Å². The lowest BCUT2D eigenvalue weighted by Gasteiger charge is -2.30. The Labute approximate surface area is 402 Å². The molecule has 0 amide bonds. The molecule has 10 aromatic rings. The zero-order valence-electron chi connectivity index (χ0n) is 39.5. The standard InChI is InChI=1S/C64H52N4O/c1-39-31-34-63(3,35-32-39)62-67-60(66-61(68-62)45-18-6-5-15-40(45)2)43-17-13-16-42(37-43)57-59-56(52-23-11-12-26-55(52)69-59)53-25-14-24-46(58(53)65-57)41-27-29-44(30-28-41)64(4)36-33-51-49-21-8-7-19-47(49)48-20-9-10-22-50(48)54(51)38-64/h5-14,16-31,33-34,37-40H,15,32,35-36H2,1-4H3. The molecule has 69 heavy (non-hydrogen) atoms. The molecule has 3 aromatic heterocycles. The Morgan fingerprint density at radius 1 is 0.609 bits per heavy atom. The zero-order chi connectivity index (χ0) is 46.4. The van der Waals surface area contributed by atoms with E-state index < -0.39 is 0 Å². The number of furan rings is 1. The first kappa shape index (κ1) is 41.4. The van der Waals surface area contributed by atoms with Crippen molar-refractivity contribution >= 4 is 72.1 Å². The molecule has 0 fully saturated rings. The predicted molar refractivity (Wildman–Crippen MR) is 286 cm³/mol. The highest BCUT2D eigenvalue weighted by atomic mass is 16.3. The third-order valence-electron chi connectivity index (χ3n) is 15.5. The van der Waals surface area contributed by atoms with E-state index in [-0.39, 0.29) is 10.8 Å². The Bertz CT molecular complexity index is 3990. The summed E-state index contributed by atoms with van der Waals surface area (Å²) in [5.74, 6) is 3.08. The fraction of sp³-hybridized carbons (Fsp3) is 0.188. The highest BCUT2D eigenvalue weighted by molar-refractivity contribution is 6.22. The first-order valence-corrected chi connectivity index (χ1v) is 24.6. The second-order valence-electron chi connectivity index (χ2n) is 20.3. The predicted octanol–water partition coefficient (Wildman–Crippen LogP) is 14.8. The van der Waals surface area contributed by atoms with Gasteiger partial charge < -0.3 is 4.42 Å². The molecular formula is C64H52N4O. The number of hydrogen-bond acceptors (Lipinski definition) is 5. The maximum absolute atomic E-state index is 6.81. The SMILES string of the molecule is CC1C=CC(C)(c2nc(C3=CC=CCC3C)nc(-c3cccc(-c4nc5c(-c6ccc(C7(C)C=c8c(c9ccccc9c9ccccc89)=CC7)cc6)cccc5c5c4oc4ccccc45)c3)n2)CC1. The van der Waals surface area contributed by atoms with Crippen molar-refractivity contribution in [3.05, 3.63) is 198 Å². The quantitative estimate of drug-likeness (QED) is 0.123. The third kappa shape index (κ3) is 6.81. The highest BCUT2D eigenvalue weighted by Crippen LogP contribution is 2.44. The van der Waals surface area contributed by atoms with Gasteiger partial charge in [-0.15, -0.1) is 0 Å². The maximum atomic E-state index is 6.81. The van der Waals surface area contributed by atoms with Crippen molar-refractivity contribution in [3.63, 3.8) is 0 Å². The van der Waals surface area contributed by atoms with Gasteiger partial charge in [-0.2, -0.15) is 0 Å². The van der Waals surface area contributed by atoms with Crippen molar-refractivity contribution in [3.8, 4) is 33.8 Å². The monoisotopic (exact) mass is 892 g/mol. The number of allylic oxidation sites excluding steroid dienone is 6. The molecule has 0 saturated heterocycles. The van der Waals surface area contributed by atoms with Crippen LogP contribution in [0.3, 0.4) is 0 Å². The van der Waals surface area contributed by atoms with E-state index in [2.05, 4.69) is 204 Å². The Morgan fingerprint density at radius 2 is 1.30 bits per heavy atom. The number of nitrogens with zero attached hydrogens (tertiary/aromatic N) is 4. The average Bonchev–Trinajstić information content (AvgIpc) is 3.79. The number of pyridine rings is 1. The van der Waals surface area contributed by atoms with Gasteiger partial charge in [-0.1, -0.05) is 191 Å². The first-order valence-electron chi connectivity index (χ1n) is 24.6. The van der Waals surface area contributed by atoms with Crippen LogP contribution in [0.2, 0.25) is 0 Å². The number of para-hydroxylation sites is 2. The van der Waals surface area contributed by atoms with Crippen LogP contribution in [-0.4, -0.2) is 19.9 Å². The largest absolute Gasteiger partial charge is 0.454 e. The molecule has 3 heterocycles. The second kappa shape index (κ2) is 15.9. The van der Waals surface area contributed by atoms with E-state index >= 15 is 0 Å². The molecule has 4 unspecified atom stereocenters. The van der Waals surface area contributed by atoms with Gasteiger partial charge in [0.2, 0.25) is 0 Å². The summed E-state index contributed by atoms with van der Waals surface area (Å²) in [6.45, 7) is 9.18. The van der Waals surface area contributed by atoms with Crippen LogP contribution in [-0.2, 0) is 10.8 Å². The Balaban J connectivity index is 0.946. The summed E-state index contributed by atoms with van der Waals surface area (Å²) >= 11 is 0. The van der Waals surface area contributed by atoms with Gasteiger partial charge in [-0.05, 0) is 99.7 Å². The van der Waals surface area contributed by atoms with Crippen molar-refractivity contribution in [2.24, 2.45) is 11.8 Å². The van der Waals surface area contributed by atoms with Crippen LogP contribution in [0.5, 0.6) is 0 Å². The summed E-state index contributed by atoms with van der Waals surface area (Å²) in [6.07, 6.45) is 20.1. The molecule has 0 saturated carbocycles. The van der Waals surface area contributed by atoms with Gasteiger partial charge in [0.15, 0.2) is 17.2 Å². The van der Waals surface area contributed by atoms with Crippen LogP contribution in [0.25, 0.3) is 106 Å². The summed E-state index contributed by atoms with van der Waals surface area (Å²) in [5, 5.41) is 11.1. The molecule has 334 valence electrons. The zero-order valence-corrected chi connectivity index (χ0v) is 39.5. The molecular weight excluding hydrogens is 841 g/mol. The van der Waals surface area contributed by atoms with E-state index in [1.165, 1.54) is 37.5 Å². The average molecular weight is 893 g/mol. The van der Waals surface area contributed by atoms with Crippen molar-refractivity contribution in [1.82, 2.24) is 19.9 Å². The van der Waals surface area contributed by atoms with Gasteiger partial charge in [0.05, 0.1) is 5.52 Å². The van der Waals surface area contributed by atoms with Gasteiger partial charge in [0.1, 0.15) is 17.1 Å². The van der Waals surface area contributed by atoms with Gasteiger partial charge in [-0.25, -0.2) is 19.9 Å². The maximum Gasteiger partial charge on any atom is 0.163 e. The van der Waals surface area contributed by atoms with Gasteiger partial charge >= 0.3 is 0 Å². The number of hydrogen-bond donors (Lipinski definition) is 0. The number of fused-ring (bicyclic) bond motifs is 11. The van der Waals surface area contributed by atoms with E-state index in [0.29, 0.717) is 17.7 Å². The molecule has 0 bridgehead atoms. The fourth-order valence-corrected chi connectivity index (χ4v) is 11.4. The Kier molecular flexibility index (Phi) is 9.56. The molecule has 13 rings (SSSR count). The highest BCUT2D eigenvalue weighted by Gasteiger charge is 2.33. The van der Waals surface area contributed by atoms with Crippen LogP contribution >= 0.6 is 0 Å². The summed E-state index contributed by atoms with van der Waals surface area (Å²) in [7, 11) is 0. The third-order valence-corrected chi connectivity index (χ3v) is 15.5. The normalized spacial score (nSPS) is 21.1. The molecule has 7 aromatic carbocycles. The topological polar surface area (TPSA) is 64.7 Å². The lowest BCUT2D eigenvalue weighted by Crippen LogP contribution is -2.36. The van der Waals surface area contributed by atoms with E-state index in [1.54, 1.807) is 0 Å². The fourth-order valence-electron chi connectivity index (χ4n) is 11.4. The molecule has 5 nitrogen and oxygen atoms in total. The van der Waals surface area contributed by atoms with Crippen molar-refractivity contribution in [2.45, 2.75) is 64.2 Å². The van der Waals surface area contributed by atoms with Crippen LogP contribution in [0.15, 0.2) is 174 Å². The van der Waals surface area contributed by atoms with Crippen molar-refractivity contribution in [1.29, 1.82) is 0 Å². The van der Waals surface area contributed by atoms with Crippen molar-refractivity contribution < 1.29 is 4.42 Å². The molecule has 0 radical (unpaired) electrons. The van der Waals surface area contributed by atoms with Crippen LogP contribution < -0.4 is 10.4 Å². The summed E-state index contributed by atoms with van der Waals surface area (Å²) < 4.78 is 6.81. The molecule has 0 N–H and O–H groups in total. The molecule has 0 spiro atoms. The number of rotatable bonds is 6. The first-order chi connectivity index (χ1) is 33.7. The van der Waals surface area contributed by atoms with E-state index in [4.69, 9.17) is 24.4 Å². The molecule has 3 aliphatic carbocycles. The molecule has 5 heteroatoms. The lowest BCUT2D eigenvalue weighted by molar-refractivity contribution is 0.422. The molecule has 0 aliphatic heterocycles. The van der Waals surface area contributed by atoms with Crippen LogP contribution in [0.4, 0.5) is 0 Å². The minimum atomic E-state index is -0.291. The lowest BCUT2D eigenvalue weighted by atomic mass is 9.75. The summed E-state index contributed by atoms with van der Waals surface area (Å²) in [4.78, 5) is 21.4.